The van der Waals surface area contributed by atoms with Crippen LogP contribution in [-0.4, -0.2) is 42.8 Å². The molecule has 1 aromatic heterocycles. The van der Waals surface area contributed by atoms with E-state index in [9.17, 15) is 4.79 Å². The molecule has 5 heteroatoms. The number of hydrogen-bond donors (Lipinski definition) is 0. The van der Waals surface area contributed by atoms with Crippen LogP contribution in [0.3, 0.4) is 0 Å². The molecular formula is C23H22N2O2S. The smallest absolute Gasteiger partial charge is 0.415 e. The number of rotatable bonds is 2. The highest BCUT2D eigenvalue weighted by atomic mass is 32.1. The zero-order valence-electron chi connectivity index (χ0n) is 15.6. The number of carbonyl (C=O) groups is 1. The van der Waals surface area contributed by atoms with Gasteiger partial charge in [-0.15, -0.1) is 11.3 Å². The van der Waals surface area contributed by atoms with Crippen molar-refractivity contribution in [2.24, 2.45) is 5.92 Å². The third-order valence-electron chi connectivity index (χ3n) is 6.65. The topological polar surface area (TPSA) is 32.8 Å². The first-order valence-corrected chi connectivity index (χ1v) is 10.8. The van der Waals surface area contributed by atoms with Gasteiger partial charge in [-0.05, 0) is 60.5 Å². The molecule has 28 heavy (non-hydrogen) atoms. The summed E-state index contributed by atoms with van der Waals surface area (Å²) in [4.78, 5) is 18.2. The molecule has 0 aliphatic carbocycles. The molecule has 3 aromatic rings. The first-order chi connectivity index (χ1) is 13.7. The van der Waals surface area contributed by atoms with Crippen LogP contribution in [0.1, 0.15) is 12.8 Å². The van der Waals surface area contributed by atoms with Crippen molar-refractivity contribution < 1.29 is 9.53 Å². The molecule has 7 rings (SSSR count). The quantitative estimate of drug-likeness (QED) is 0.618. The molecule has 4 fully saturated rings. The van der Waals surface area contributed by atoms with Gasteiger partial charge in [0.1, 0.15) is 10.6 Å². The van der Waals surface area contributed by atoms with Crippen LogP contribution in [0, 0.1) is 5.92 Å². The van der Waals surface area contributed by atoms with E-state index in [-0.39, 0.29) is 11.7 Å². The highest BCUT2D eigenvalue weighted by Gasteiger charge is 2.55. The Balaban J connectivity index is 1.30. The summed E-state index contributed by atoms with van der Waals surface area (Å²) in [6.45, 7) is 3.87. The first kappa shape index (κ1) is 16.6. The normalized spacial score (nSPS) is 29.0. The molecule has 1 amide bonds. The Morgan fingerprint density at radius 2 is 1.79 bits per heavy atom. The van der Waals surface area contributed by atoms with Crippen molar-refractivity contribution in [3.63, 3.8) is 0 Å². The number of hydrogen-bond acceptors (Lipinski definition) is 4. The molecule has 1 atom stereocenters. The maximum Gasteiger partial charge on any atom is 0.415 e. The lowest BCUT2D eigenvalue weighted by Crippen LogP contribution is -2.61. The molecule has 142 valence electrons. The molecule has 2 bridgehead atoms. The van der Waals surface area contributed by atoms with Gasteiger partial charge in [0, 0.05) is 17.3 Å². The second-order valence-electron chi connectivity index (χ2n) is 8.27. The fourth-order valence-corrected chi connectivity index (χ4v) is 6.14. The number of anilines is 1. The van der Waals surface area contributed by atoms with Crippen molar-refractivity contribution in [1.82, 2.24) is 4.90 Å². The highest BCUT2D eigenvalue weighted by molar-refractivity contribution is 7.19. The van der Waals surface area contributed by atoms with E-state index in [2.05, 4.69) is 59.5 Å². The highest BCUT2D eigenvalue weighted by Crippen LogP contribution is 2.45. The lowest BCUT2D eigenvalue weighted by Gasteiger charge is -2.49. The second-order valence-corrected chi connectivity index (χ2v) is 9.33. The number of benzene rings is 2. The van der Waals surface area contributed by atoms with Crippen molar-refractivity contribution in [3.05, 3.63) is 54.6 Å². The third-order valence-corrected chi connectivity index (χ3v) is 7.81. The minimum atomic E-state index is -0.305. The molecular weight excluding hydrogens is 368 g/mol. The number of nitrogens with zero attached hydrogens (tertiary/aromatic N) is 2. The minimum absolute atomic E-state index is 0.180. The van der Waals surface area contributed by atoms with Gasteiger partial charge in [0.05, 0.1) is 6.54 Å². The zero-order chi connectivity index (χ0) is 18.7. The fraction of sp³-hybridized carbons (Fsp3) is 0.348. The standard InChI is InChI=1S/C23H22N2O2S/c26-22-25(15-23(27-22)14-24-11-9-19(23)10-12-24)21-8-7-20(28-21)18-6-5-16-3-1-2-4-17(16)13-18/h1-8,13,19H,9-12,14-15H2. The molecule has 1 unspecified atom stereocenters. The Labute approximate surface area is 168 Å². The van der Waals surface area contributed by atoms with Gasteiger partial charge < -0.3 is 4.74 Å². The van der Waals surface area contributed by atoms with E-state index in [0.717, 1.165) is 37.5 Å². The molecule has 4 nitrogen and oxygen atoms in total. The van der Waals surface area contributed by atoms with Gasteiger partial charge in [0.15, 0.2) is 0 Å². The summed E-state index contributed by atoms with van der Waals surface area (Å²) >= 11 is 1.67. The maximum absolute atomic E-state index is 12.7. The molecule has 4 saturated heterocycles. The predicted molar refractivity (Wildman–Crippen MR) is 113 cm³/mol. The Kier molecular flexibility index (Phi) is 3.59. The lowest BCUT2D eigenvalue weighted by molar-refractivity contribution is -0.0881. The summed E-state index contributed by atoms with van der Waals surface area (Å²) in [5.74, 6) is 0.506. The average molecular weight is 391 g/mol. The lowest BCUT2D eigenvalue weighted by atomic mass is 9.75. The molecule has 4 aliphatic heterocycles. The molecule has 1 spiro atoms. The number of thiophene rings is 1. The van der Waals surface area contributed by atoms with E-state index in [0.29, 0.717) is 12.5 Å². The molecule has 0 saturated carbocycles. The van der Waals surface area contributed by atoms with Crippen LogP contribution in [0.15, 0.2) is 54.6 Å². The van der Waals surface area contributed by atoms with E-state index in [1.165, 1.54) is 21.2 Å². The number of ether oxygens (including phenoxy) is 1. The van der Waals surface area contributed by atoms with Crippen LogP contribution in [0.2, 0.25) is 0 Å². The van der Waals surface area contributed by atoms with Gasteiger partial charge in [0.2, 0.25) is 0 Å². The minimum Gasteiger partial charge on any atom is -0.439 e. The predicted octanol–water partition coefficient (Wildman–Crippen LogP) is 4.99. The van der Waals surface area contributed by atoms with E-state index >= 15 is 0 Å². The second kappa shape index (κ2) is 6.06. The van der Waals surface area contributed by atoms with Crippen molar-refractivity contribution >= 4 is 33.2 Å². The largest absolute Gasteiger partial charge is 0.439 e. The van der Waals surface area contributed by atoms with Crippen LogP contribution >= 0.6 is 11.3 Å². The molecule has 4 aliphatic rings. The SMILES string of the molecule is O=C1OC2(CN3CCC2CC3)CN1c1ccc(-c2ccc3ccccc3c2)s1. The van der Waals surface area contributed by atoms with E-state index < -0.39 is 0 Å². The Morgan fingerprint density at radius 3 is 2.57 bits per heavy atom. The van der Waals surface area contributed by atoms with Crippen LogP contribution in [0.5, 0.6) is 0 Å². The summed E-state index contributed by atoms with van der Waals surface area (Å²) in [6.07, 6.45) is 2.11. The van der Waals surface area contributed by atoms with Crippen molar-refractivity contribution in [2.45, 2.75) is 18.4 Å². The number of fused-ring (bicyclic) bond motifs is 3. The van der Waals surface area contributed by atoms with E-state index in [4.69, 9.17) is 4.74 Å². The van der Waals surface area contributed by atoms with Gasteiger partial charge in [-0.1, -0.05) is 36.4 Å². The van der Waals surface area contributed by atoms with E-state index in [1.807, 2.05) is 4.90 Å². The van der Waals surface area contributed by atoms with Gasteiger partial charge in [-0.25, -0.2) is 4.79 Å². The summed E-state index contributed by atoms with van der Waals surface area (Å²) in [5, 5.41) is 3.47. The van der Waals surface area contributed by atoms with Gasteiger partial charge >= 0.3 is 6.09 Å². The summed E-state index contributed by atoms with van der Waals surface area (Å²) in [6, 6.07) is 19.1. The Morgan fingerprint density at radius 1 is 0.964 bits per heavy atom. The Bertz CT molecular complexity index is 1070. The first-order valence-electron chi connectivity index (χ1n) is 10.0. The van der Waals surface area contributed by atoms with Crippen LogP contribution in [-0.2, 0) is 4.74 Å². The van der Waals surface area contributed by atoms with Crippen LogP contribution in [0.4, 0.5) is 9.80 Å². The van der Waals surface area contributed by atoms with Crippen molar-refractivity contribution in [1.29, 1.82) is 0 Å². The van der Waals surface area contributed by atoms with E-state index in [1.54, 1.807) is 11.3 Å². The van der Waals surface area contributed by atoms with Gasteiger partial charge in [-0.3, -0.25) is 9.80 Å². The molecule has 2 aromatic carbocycles. The van der Waals surface area contributed by atoms with Gasteiger partial charge in [-0.2, -0.15) is 0 Å². The molecule has 0 radical (unpaired) electrons. The Hall–Kier alpha value is -2.37. The molecule has 5 heterocycles. The number of amides is 1. The monoisotopic (exact) mass is 390 g/mol. The maximum atomic E-state index is 12.7. The molecule has 0 N–H and O–H groups in total. The number of carbonyl (C=O) groups excluding carboxylic acids is 1. The van der Waals surface area contributed by atoms with Crippen LogP contribution < -0.4 is 4.90 Å². The fourth-order valence-electron chi connectivity index (χ4n) is 5.15. The summed E-state index contributed by atoms with van der Waals surface area (Å²) < 4.78 is 6.02. The summed E-state index contributed by atoms with van der Waals surface area (Å²) in [5.41, 5.74) is 0.890. The summed E-state index contributed by atoms with van der Waals surface area (Å²) in [7, 11) is 0. The van der Waals surface area contributed by atoms with Crippen molar-refractivity contribution in [3.8, 4) is 10.4 Å². The third kappa shape index (κ3) is 2.50. The van der Waals surface area contributed by atoms with Gasteiger partial charge in [0.25, 0.3) is 0 Å². The van der Waals surface area contributed by atoms with Crippen LogP contribution in [0.25, 0.3) is 21.2 Å². The zero-order valence-corrected chi connectivity index (χ0v) is 16.5. The van der Waals surface area contributed by atoms with Crippen molar-refractivity contribution in [2.75, 3.05) is 31.1 Å². The average Bonchev–Trinajstić information content (AvgIpc) is 3.33. The number of piperidine rings is 3.